The van der Waals surface area contributed by atoms with E-state index in [0.29, 0.717) is 23.8 Å². The number of methoxy groups -OCH3 is 1. The molecule has 1 aromatic carbocycles. The number of carbonyl (C=O) groups excluding carboxylic acids is 1. The first kappa shape index (κ1) is 21.6. The van der Waals surface area contributed by atoms with E-state index in [1.807, 2.05) is 38.1 Å². The van der Waals surface area contributed by atoms with Gasteiger partial charge in [0.25, 0.3) is 0 Å². The molecule has 0 radical (unpaired) electrons. The minimum absolute atomic E-state index is 0.0734. The summed E-state index contributed by atoms with van der Waals surface area (Å²) >= 11 is 1.46. The lowest BCUT2D eigenvalue weighted by Crippen LogP contribution is -2.39. The minimum Gasteiger partial charge on any atom is -0.497 e. The molecule has 0 bridgehead atoms. The summed E-state index contributed by atoms with van der Waals surface area (Å²) in [6, 6.07) is 7.74. The van der Waals surface area contributed by atoms with Gasteiger partial charge >= 0.3 is 5.97 Å². The number of hydrogen-bond donors (Lipinski definition) is 1. The van der Waals surface area contributed by atoms with Crippen molar-refractivity contribution < 1.29 is 19.4 Å². The lowest BCUT2D eigenvalue weighted by atomic mass is 9.93. The molecule has 0 unspecified atom stereocenters. The zero-order chi connectivity index (χ0) is 22.0. The van der Waals surface area contributed by atoms with Crippen molar-refractivity contribution in [1.82, 2.24) is 19.5 Å². The SMILES string of the molecule is CCOC(=O)C1CCN([C@@H](c2ccc(OC)cc2)c2sc3nc(CC)nn3c2O)CC1. The van der Waals surface area contributed by atoms with Gasteiger partial charge in [-0.3, -0.25) is 9.69 Å². The molecule has 1 atom stereocenters. The lowest BCUT2D eigenvalue weighted by Gasteiger charge is -2.36. The highest BCUT2D eigenvalue weighted by Gasteiger charge is 2.34. The Hall–Kier alpha value is -2.65. The van der Waals surface area contributed by atoms with Crippen LogP contribution in [0.3, 0.4) is 0 Å². The van der Waals surface area contributed by atoms with Crippen LogP contribution in [0.2, 0.25) is 0 Å². The van der Waals surface area contributed by atoms with Crippen LogP contribution in [0, 0.1) is 5.92 Å². The summed E-state index contributed by atoms with van der Waals surface area (Å²) in [5, 5.41) is 15.4. The van der Waals surface area contributed by atoms with Gasteiger partial charge in [-0.1, -0.05) is 30.4 Å². The molecule has 9 heteroatoms. The highest BCUT2D eigenvalue weighted by atomic mass is 32.1. The van der Waals surface area contributed by atoms with Gasteiger partial charge < -0.3 is 14.6 Å². The van der Waals surface area contributed by atoms with Gasteiger partial charge in [0.1, 0.15) is 5.75 Å². The summed E-state index contributed by atoms with van der Waals surface area (Å²) in [5.41, 5.74) is 1.05. The van der Waals surface area contributed by atoms with E-state index in [2.05, 4.69) is 15.0 Å². The van der Waals surface area contributed by atoms with Crippen LogP contribution >= 0.6 is 11.3 Å². The molecule has 2 aromatic heterocycles. The minimum atomic E-state index is -0.160. The second kappa shape index (κ2) is 9.23. The summed E-state index contributed by atoms with van der Waals surface area (Å²) in [5.74, 6) is 1.43. The van der Waals surface area contributed by atoms with Crippen LogP contribution in [0.25, 0.3) is 4.96 Å². The second-order valence-corrected chi connectivity index (χ2v) is 8.61. The number of thiazole rings is 1. The highest BCUT2D eigenvalue weighted by molar-refractivity contribution is 7.17. The second-order valence-electron chi connectivity index (χ2n) is 7.60. The number of hydrogen-bond acceptors (Lipinski definition) is 8. The molecule has 1 aliphatic heterocycles. The van der Waals surface area contributed by atoms with Crippen LogP contribution in [-0.2, 0) is 16.0 Å². The Balaban J connectivity index is 1.66. The number of ether oxygens (including phenoxy) is 2. The number of aryl methyl sites for hydroxylation is 1. The van der Waals surface area contributed by atoms with Crippen LogP contribution in [0.1, 0.15) is 49.0 Å². The summed E-state index contributed by atoms with van der Waals surface area (Å²) in [6.07, 6.45) is 2.17. The summed E-state index contributed by atoms with van der Waals surface area (Å²) in [4.78, 5) is 20.5. The molecular formula is C22H28N4O4S. The number of esters is 1. The van der Waals surface area contributed by atoms with Crippen molar-refractivity contribution >= 4 is 22.3 Å². The number of nitrogens with zero attached hydrogens (tertiary/aromatic N) is 4. The van der Waals surface area contributed by atoms with Crippen LogP contribution in [-0.4, -0.2) is 57.4 Å². The lowest BCUT2D eigenvalue weighted by molar-refractivity contribution is -0.149. The number of rotatable bonds is 7. The molecule has 0 amide bonds. The third kappa shape index (κ3) is 4.24. The number of likely N-dealkylation sites (tertiary alicyclic amines) is 1. The van der Waals surface area contributed by atoms with Crippen molar-refractivity contribution in [2.24, 2.45) is 5.92 Å². The molecule has 4 rings (SSSR count). The summed E-state index contributed by atoms with van der Waals surface area (Å²) in [7, 11) is 1.64. The number of aromatic nitrogens is 3. The molecule has 0 spiro atoms. The molecule has 1 fully saturated rings. The third-order valence-corrected chi connectivity index (χ3v) is 6.83. The maximum atomic E-state index is 12.2. The fourth-order valence-corrected chi connectivity index (χ4v) is 5.22. The Bertz CT molecular complexity index is 1040. The van der Waals surface area contributed by atoms with Crippen molar-refractivity contribution in [1.29, 1.82) is 0 Å². The van der Waals surface area contributed by atoms with Gasteiger partial charge in [-0.05, 0) is 50.6 Å². The number of aromatic hydroxyl groups is 1. The number of benzene rings is 1. The quantitative estimate of drug-likeness (QED) is 0.559. The largest absolute Gasteiger partial charge is 0.497 e. The highest BCUT2D eigenvalue weighted by Crippen LogP contribution is 2.41. The third-order valence-electron chi connectivity index (χ3n) is 5.75. The normalized spacial score (nSPS) is 16.5. The smallest absolute Gasteiger partial charge is 0.309 e. The van der Waals surface area contributed by atoms with Crippen molar-refractivity contribution in [2.45, 2.75) is 39.2 Å². The summed E-state index contributed by atoms with van der Waals surface area (Å²) < 4.78 is 12.1. The van der Waals surface area contributed by atoms with E-state index >= 15 is 0 Å². The molecular weight excluding hydrogens is 416 g/mol. The molecule has 8 nitrogen and oxygen atoms in total. The molecule has 1 saturated heterocycles. The molecule has 0 aliphatic carbocycles. The van der Waals surface area contributed by atoms with Gasteiger partial charge in [0.2, 0.25) is 10.8 Å². The molecule has 3 heterocycles. The van der Waals surface area contributed by atoms with E-state index < -0.39 is 0 Å². The van der Waals surface area contributed by atoms with E-state index in [-0.39, 0.29) is 23.8 Å². The molecule has 1 aliphatic rings. The average molecular weight is 445 g/mol. The fraction of sp³-hybridized carbons (Fsp3) is 0.500. The Morgan fingerprint density at radius 2 is 1.97 bits per heavy atom. The van der Waals surface area contributed by atoms with Crippen molar-refractivity contribution in [2.75, 3.05) is 26.8 Å². The van der Waals surface area contributed by atoms with Gasteiger partial charge in [0, 0.05) is 6.42 Å². The Morgan fingerprint density at radius 1 is 1.26 bits per heavy atom. The van der Waals surface area contributed by atoms with Gasteiger partial charge in [0.15, 0.2) is 5.82 Å². The van der Waals surface area contributed by atoms with Gasteiger partial charge in [-0.2, -0.15) is 4.52 Å². The van der Waals surface area contributed by atoms with Crippen LogP contribution in [0.4, 0.5) is 0 Å². The summed E-state index contributed by atoms with van der Waals surface area (Å²) in [6.45, 7) is 5.69. The predicted molar refractivity (Wildman–Crippen MR) is 118 cm³/mol. The van der Waals surface area contributed by atoms with E-state index in [4.69, 9.17) is 9.47 Å². The van der Waals surface area contributed by atoms with E-state index in [1.54, 1.807) is 7.11 Å². The Morgan fingerprint density at radius 3 is 2.55 bits per heavy atom. The average Bonchev–Trinajstić information content (AvgIpc) is 3.34. The monoisotopic (exact) mass is 444 g/mol. The van der Waals surface area contributed by atoms with Crippen molar-refractivity contribution in [3.8, 4) is 11.6 Å². The van der Waals surface area contributed by atoms with E-state index in [0.717, 1.165) is 42.1 Å². The predicted octanol–water partition coefficient (Wildman–Crippen LogP) is 3.43. The Labute approximate surface area is 185 Å². The first-order valence-electron chi connectivity index (χ1n) is 10.7. The van der Waals surface area contributed by atoms with Gasteiger partial charge in [0.05, 0.1) is 30.6 Å². The number of fused-ring (bicyclic) bond motifs is 1. The first-order chi connectivity index (χ1) is 15.0. The van der Waals surface area contributed by atoms with Gasteiger partial charge in [-0.15, -0.1) is 5.10 Å². The standard InChI is InChI=1S/C22H28N4O4S/c1-4-17-23-22-26(24-17)20(27)19(31-22)18(14-6-8-16(29-3)9-7-14)25-12-10-15(11-13-25)21(28)30-5-2/h6-9,15,18,27H,4-5,10-13H2,1-3H3/t18-/m0/s1. The maximum Gasteiger partial charge on any atom is 0.309 e. The zero-order valence-electron chi connectivity index (χ0n) is 18.1. The van der Waals surface area contributed by atoms with Crippen molar-refractivity contribution in [3.05, 3.63) is 40.5 Å². The number of piperidine rings is 1. The molecule has 3 aromatic rings. The Kier molecular flexibility index (Phi) is 6.43. The van der Waals surface area contributed by atoms with Gasteiger partial charge in [-0.25, -0.2) is 4.98 Å². The molecule has 31 heavy (non-hydrogen) atoms. The molecule has 1 N–H and O–H groups in total. The van der Waals surface area contributed by atoms with Crippen molar-refractivity contribution in [3.63, 3.8) is 0 Å². The van der Waals surface area contributed by atoms with Crippen LogP contribution < -0.4 is 4.74 Å². The topological polar surface area (TPSA) is 89.2 Å². The van der Waals surface area contributed by atoms with Crippen LogP contribution in [0.5, 0.6) is 11.6 Å². The maximum absolute atomic E-state index is 12.2. The van der Waals surface area contributed by atoms with Crippen LogP contribution in [0.15, 0.2) is 24.3 Å². The van der Waals surface area contributed by atoms with E-state index in [1.165, 1.54) is 15.9 Å². The molecule has 0 saturated carbocycles. The fourth-order valence-electron chi connectivity index (χ4n) is 4.09. The zero-order valence-corrected chi connectivity index (χ0v) is 18.9. The first-order valence-corrected chi connectivity index (χ1v) is 11.5. The van der Waals surface area contributed by atoms with E-state index in [9.17, 15) is 9.90 Å². The molecule has 166 valence electrons. The number of carbonyl (C=O) groups is 1.